The molecular formula is C25H32N4O5S. The Labute approximate surface area is 206 Å². The Morgan fingerprint density at radius 3 is 2.66 bits per heavy atom. The molecule has 10 heteroatoms. The minimum Gasteiger partial charge on any atom is -0.450 e. The summed E-state index contributed by atoms with van der Waals surface area (Å²) < 4.78 is 30.7. The number of fused-ring (bicyclic) bond motifs is 3. The average Bonchev–Trinajstić information content (AvgIpc) is 3.25. The van der Waals surface area contributed by atoms with E-state index in [0.717, 1.165) is 48.5 Å². The van der Waals surface area contributed by atoms with Crippen LogP contribution < -0.4 is 4.90 Å². The van der Waals surface area contributed by atoms with Gasteiger partial charge in [-0.1, -0.05) is 18.2 Å². The quantitative estimate of drug-likeness (QED) is 0.579. The fraction of sp³-hybridized carbons (Fsp3) is 0.560. The highest BCUT2D eigenvalue weighted by Crippen LogP contribution is 2.48. The molecule has 0 bridgehead atoms. The maximum absolute atomic E-state index is 13.8. The first kappa shape index (κ1) is 23.8. The minimum absolute atomic E-state index is 0.0251. The number of ether oxygens (including phenoxy) is 1. The summed E-state index contributed by atoms with van der Waals surface area (Å²) in [5.74, 6) is 0.896. The minimum atomic E-state index is -3.05. The van der Waals surface area contributed by atoms with Gasteiger partial charge in [0.25, 0.3) is 0 Å². The molecule has 3 heterocycles. The summed E-state index contributed by atoms with van der Waals surface area (Å²) in [5.41, 5.74) is 3.27. The Morgan fingerprint density at radius 2 is 1.91 bits per heavy atom. The molecular weight excluding hydrogens is 468 g/mol. The molecule has 1 spiro atoms. The fourth-order valence-corrected chi connectivity index (χ4v) is 6.33. The molecule has 5 rings (SSSR count). The predicted molar refractivity (Wildman–Crippen MR) is 131 cm³/mol. The van der Waals surface area contributed by atoms with Crippen molar-refractivity contribution in [2.24, 2.45) is 0 Å². The van der Waals surface area contributed by atoms with E-state index in [9.17, 15) is 18.0 Å². The van der Waals surface area contributed by atoms with Crippen molar-refractivity contribution in [3.63, 3.8) is 0 Å². The van der Waals surface area contributed by atoms with Crippen molar-refractivity contribution in [3.05, 3.63) is 47.0 Å². The SMILES string of the molecule is CCOC(=O)N1CC2(C1)C(=O)N(Cc1nc3c(n1CCCS(C)(=O)=O)CCCC3)c1ccccc12. The van der Waals surface area contributed by atoms with Crippen LogP contribution in [0.1, 0.15) is 49.0 Å². The van der Waals surface area contributed by atoms with Crippen LogP contribution in [0.25, 0.3) is 0 Å². The third-order valence-electron chi connectivity index (χ3n) is 7.32. The number of imidazole rings is 1. The van der Waals surface area contributed by atoms with Crippen LogP contribution in [0.5, 0.6) is 0 Å². The number of likely N-dealkylation sites (tertiary alicyclic amines) is 1. The van der Waals surface area contributed by atoms with Crippen LogP contribution in [0.3, 0.4) is 0 Å². The second kappa shape index (κ2) is 8.96. The average molecular weight is 501 g/mol. The molecule has 2 aliphatic heterocycles. The van der Waals surface area contributed by atoms with Crippen LogP contribution in [0.4, 0.5) is 10.5 Å². The predicted octanol–water partition coefficient (Wildman–Crippen LogP) is 2.45. The molecule has 1 aromatic heterocycles. The summed E-state index contributed by atoms with van der Waals surface area (Å²) in [5, 5.41) is 0. The molecule has 0 radical (unpaired) electrons. The number of hydrogen-bond donors (Lipinski definition) is 0. The summed E-state index contributed by atoms with van der Waals surface area (Å²) >= 11 is 0. The van der Waals surface area contributed by atoms with Gasteiger partial charge < -0.3 is 19.1 Å². The third kappa shape index (κ3) is 4.22. The summed E-state index contributed by atoms with van der Waals surface area (Å²) in [6, 6.07) is 7.77. The topological polar surface area (TPSA) is 102 Å². The molecule has 2 aromatic rings. The molecule has 0 saturated carbocycles. The van der Waals surface area contributed by atoms with Crippen molar-refractivity contribution in [1.29, 1.82) is 0 Å². The number of carbonyl (C=O) groups excluding carboxylic acids is 2. The van der Waals surface area contributed by atoms with E-state index in [2.05, 4.69) is 4.57 Å². The van der Waals surface area contributed by atoms with Crippen LogP contribution in [0, 0.1) is 0 Å². The summed E-state index contributed by atoms with van der Waals surface area (Å²) in [4.78, 5) is 34.3. The van der Waals surface area contributed by atoms with E-state index in [0.29, 0.717) is 39.2 Å². The van der Waals surface area contributed by atoms with E-state index in [1.165, 1.54) is 11.9 Å². The van der Waals surface area contributed by atoms with E-state index in [4.69, 9.17) is 9.72 Å². The zero-order valence-corrected chi connectivity index (χ0v) is 21.1. The number of benzene rings is 1. The number of rotatable bonds is 7. The maximum Gasteiger partial charge on any atom is 0.409 e. The first-order valence-corrected chi connectivity index (χ1v) is 14.4. The lowest BCUT2D eigenvalue weighted by Crippen LogP contribution is -2.65. The van der Waals surface area contributed by atoms with Crippen LogP contribution in [0.2, 0.25) is 0 Å². The molecule has 9 nitrogen and oxygen atoms in total. The van der Waals surface area contributed by atoms with Crippen molar-refractivity contribution < 1.29 is 22.7 Å². The number of anilines is 1. The van der Waals surface area contributed by atoms with Gasteiger partial charge in [-0.3, -0.25) is 4.79 Å². The maximum atomic E-state index is 13.8. The molecule has 1 aliphatic carbocycles. The number of amides is 2. The van der Waals surface area contributed by atoms with Gasteiger partial charge in [-0.2, -0.15) is 0 Å². The van der Waals surface area contributed by atoms with E-state index in [1.807, 2.05) is 24.3 Å². The van der Waals surface area contributed by atoms with Crippen molar-refractivity contribution in [2.75, 3.05) is 36.6 Å². The van der Waals surface area contributed by atoms with E-state index < -0.39 is 21.3 Å². The van der Waals surface area contributed by atoms with Crippen molar-refractivity contribution >= 4 is 27.5 Å². The third-order valence-corrected chi connectivity index (χ3v) is 8.35. The highest BCUT2D eigenvalue weighted by Gasteiger charge is 2.59. The second-order valence-corrected chi connectivity index (χ2v) is 12.1. The van der Waals surface area contributed by atoms with Crippen LogP contribution in [-0.4, -0.2) is 66.6 Å². The number of aromatic nitrogens is 2. The standard InChI is InChI=1S/C25H32N4O5S/c1-3-34-24(31)27-16-25(17-27)18-9-4-6-11-20(18)29(23(25)30)15-22-26-19-10-5-7-12-21(19)28(22)13-8-14-35(2,32)33/h4,6,9,11H,3,5,7-8,10,12-17H2,1-2H3. The van der Waals surface area contributed by atoms with Crippen molar-refractivity contribution in [1.82, 2.24) is 14.5 Å². The lowest BCUT2D eigenvalue weighted by molar-refractivity contribution is -0.128. The normalized spacial score (nSPS) is 18.4. The van der Waals surface area contributed by atoms with Gasteiger partial charge >= 0.3 is 6.09 Å². The van der Waals surface area contributed by atoms with Crippen LogP contribution in [0.15, 0.2) is 24.3 Å². The van der Waals surface area contributed by atoms with Crippen LogP contribution >= 0.6 is 0 Å². The smallest absolute Gasteiger partial charge is 0.409 e. The highest BCUT2D eigenvalue weighted by atomic mass is 32.2. The lowest BCUT2D eigenvalue weighted by atomic mass is 9.75. The van der Waals surface area contributed by atoms with E-state index in [-0.39, 0.29) is 11.7 Å². The molecule has 1 aromatic carbocycles. The Balaban J connectivity index is 1.43. The van der Waals surface area contributed by atoms with Gasteiger partial charge in [0.15, 0.2) is 0 Å². The highest BCUT2D eigenvalue weighted by molar-refractivity contribution is 7.90. The molecule has 188 valence electrons. The summed E-state index contributed by atoms with van der Waals surface area (Å²) in [7, 11) is -3.05. The van der Waals surface area contributed by atoms with Gasteiger partial charge in [-0.25, -0.2) is 18.2 Å². The molecule has 3 aliphatic rings. The lowest BCUT2D eigenvalue weighted by Gasteiger charge is -2.45. The molecule has 0 atom stereocenters. The largest absolute Gasteiger partial charge is 0.450 e. The van der Waals surface area contributed by atoms with Crippen LogP contribution in [-0.2, 0) is 50.7 Å². The molecule has 35 heavy (non-hydrogen) atoms. The number of para-hydroxylation sites is 1. The number of hydrogen-bond acceptors (Lipinski definition) is 6. The molecule has 1 fully saturated rings. The Kier molecular flexibility index (Phi) is 6.11. The van der Waals surface area contributed by atoms with Crippen molar-refractivity contribution in [3.8, 4) is 0 Å². The zero-order valence-electron chi connectivity index (χ0n) is 20.3. The molecule has 2 amide bonds. The molecule has 0 unspecified atom stereocenters. The number of sulfone groups is 1. The van der Waals surface area contributed by atoms with Gasteiger partial charge in [-0.15, -0.1) is 0 Å². The molecule has 1 saturated heterocycles. The number of aryl methyl sites for hydroxylation is 1. The van der Waals surface area contributed by atoms with Crippen molar-refractivity contribution in [2.45, 2.75) is 57.5 Å². The van der Waals surface area contributed by atoms with E-state index >= 15 is 0 Å². The first-order chi connectivity index (χ1) is 16.7. The number of nitrogens with zero attached hydrogens (tertiary/aromatic N) is 4. The summed E-state index contributed by atoms with van der Waals surface area (Å²) in [6.45, 7) is 3.56. The van der Waals surface area contributed by atoms with Gasteiger partial charge in [0.1, 0.15) is 21.1 Å². The Morgan fingerprint density at radius 1 is 1.17 bits per heavy atom. The second-order valence-electron chi connectivity index (χ2n) is 9.81. The Hall–Kier alpha value is -2.88. The monoisotopic (exact) mass is 500 g/mol. The Bertz CT molecular complexity index is 1260. The van der Waals surface area contributed by atoms with Gasteiger partial charge in [0, 0.05) is 37.3 Å². The first-order valence-electron chi connectivity index (χ1n) is 12.3. The number of carbonyl (C=O) groups is 2. The van der Waals surface area contributed by atoms with E-state index in [1.54, 1.807) is 16.7 Å². The fourth-order valence-electron chi connectivity index (χ4n) is 5.68. The molecule has 0 N–H and O–H groups in total. The van der Waals surface area contributed by atoms with Gasteiger partial charge in [-0.05, 0) is 50.7 Å². The zero-order chi connectivity index (χ0) is 24.8. The van der Waals surface area contributed by atoms with Gasteiger partial charge in [0.05, 0.1) is 24.6 Å². The summed E-state index contributed by atoms with van der Waals surface area (Å²) in [6.07, 6.45) is 5.38. The van der Waals surface area contributed by atoms with Gasteiger partial charge in [0.2, 0.25) is 5.91 Å².